The zero-order chi connectivity index (χ0) is 22.0. The number of ether oxygens (including phenoxy) is 1. The number of carboxylic acid groups (broad SMARTS) is 1. The molecule has 162 valence electrons. The maximum atomic E-state index is 12.4. The number of hydrogen-bond acceptors (Lipinski definition) is 6. The van der Waals surface area contributed by atoms with Crippen molar-refractivity contribution in [3.63, 3.8) is 0 Å². The van der Waals surface area contributed by atoms with Crippen molar-refractivity contribution in [2.45, 2.75) is 25.2 Å². The highest BCUT2D eigenvalue weighted by Crippen LogP contribution is 2.32. The van der Waals surface area contributed by atoms with Gasteiger partial charge in [0.2, 0.25) is 0 Å². The molecule has 0 spiro atoms. The molecular formula is C21H19F3N4O3. The first-order chi connectivity index (χ1) is 14.8. The summed E-state index contributed by atoms with van der Waals surface area (Å²) in [7, 11) is 0. The van der Waals surface area contributed by atoms with Gasteiger partial charge in [0.25, 0.3) is 0 Å². The molecule has 1 aromatic heterocycles. The van der Waals surface area contributed by atoms with E-state index in [9.17, 15) is 23.1 Å². The number of alkyl halides is 3. The van der Waals surface area contributed by atoms with Crippen molar-refractivity contribution in [2.75, 3.05) is 18.4 Å². The quantitative estimate of drug-likeness (QED) is 0.560. The Morgan fingerprint density at radius 3 is 2.58 bits per heavy atom. The molecule has 3 aromatic rings. The van der Waals surface area contributed by atoms with Crippen LogP contribution in [0.1, 0.15) is 23.2 Å². The van der Waals surface area contributed by atoms with Crippen molar-refractivity contribution < 1.29 is 27.8 Å². The van der Waals surface area contributed by atoms with E-state index in [1.165, 1.54) is 36.7 Å². The van der Waals surface area contributed by atoms with E-state index in [4.69, 9.17) is 0 Å². The Labute approximate surface area is 175 Å². The van der Waals surface area contributed by atoms with Crippen LogP contribution in [0, 0.1) is 0 Å². The van der Waals surface area contributed by atoms with Gasteiger partial charge in [-0.25, -0.2) is 14.8 Å². The number of rotatable bonds is 5. The topological polar surface area (TPSA) is 96.4 Å². The van der Waals surface area contributed by atoms with Crippen LogP contribution in [0.4, 0.5) is 19.0 Å². The molecule has 4 rings (SSSR count). The number of hydrogen-bond donors (Lipinski definition) is 3. The monoisotopic (exact) mass is 432 g/mol. The molecule has 1 atom stereocenters. The summed E-state index contributed by atoms with van der Waals surface area (Å²) in [6.07, 6.45) is -1.51. The van der Waals surface area contributed by atoms with Crippen LogP contribution >= 0.6 is 0 Å². The Morgan fingerprint density at radius 2 is 1.94 bits per heavy atom. The van der Waals surface area contributed by atoms with E-state index >= 15 is 0 Å². The van der Waals surface area contributed by atoms with Crippen molar-refractivity contribution in [3.8, 4) is 16.9 Å². The molecule has 1 saturated heterocycles. The zero-order valence-electron chi connectivity index (χ0n) is 16.2. The molecule has 1 fully saturated rings. The van der Waals surface area contributed by atoms with Gasteiger partial charge in [0, 0.05) is 18.0 Å². The largest absolute Gasteiger partial charge is 0.573 e. The van der Waals surface area contributed by atoms with Gasteiger partial charge in [-0.15, -0.1) is 13.2 Å². The van der Waals surface area contributed by atoms with Crippen LogP contribution in [-0.4, -0.2) is 46.5 Å². The molecule has 3 N–H and O–H groups in total. The van der Waals surface area contributed by atoms with E-state index in [1.807, 2.05) is 0 Å². The minimum absolute atomic E-state index is 0.0182. The van der Waals surface area contributed by atoms with E-state index in [0.29, 0.717) is 22.3 Å². The molecule has 1 aliphatic heterocycles. The fourth-order valence-electron chi connectivity index (χ4n) is 3.63. The predicted molar refractivity (Wildman–Crippen MR) is 108 cm³/mol. The molecular weight excluding hydrogens is 413 g/mol. The summed E-state index contributed by atoms with van der Waals surface area (Å²) in [5.41, 5.74) is 1.32. The lowest BCUT2D eigenvalue weighted by atomic mass is 9.99. The normalized spacial score (nSPS) is 16.8. The Kier molecular flexibility index (Phi) is 5.64. The zero-order valence-corrected chi connectivity index (χ0v) is 16.2. The first kappa shape index (κ1) is 20.9. The number of anilines is 1. The van der Waals surface area contributed by atoms with Crippen molar-refractivity contribution in [1.29, 1.82) is 0 Å². The van der Waals surface area contributed by atoms with Gasteiger partial charge in [0.15, 0.2) is 0 Å². The minimum Gasteiger partial charge on any atom is -0.478 e. The van der Waals surface area contributed by atoms with Gasteiger partial charge in [0.05, 0.1) is 11.1 Å². The summed E-state index contributed by atoms with van der Waals surface area (Å²) in [6, 6.07) is 8.57. The maximum Gasteiger partial charge on any atom is 0.573 e. The van der Waals surface area contributed by atoms with Gasteiger partial charge in [-0.1, -0.05) is 12.1 Å². The third-order valence-corrected chi connectivity index (χ3v) is 5.03. The van der Waals surface area contributed by atoms with Gasteiger partial charge in [-0.05, 0) is 54.8 Å². The van der Waals surface area contributed by atoms with Gasteiger partial charge in [0.1, 0.15) is 17.9 Å². The third-order valence-electron chi connectivity index (χ3n) is 5.03. The number of aromatic nitrogens is 2. The molecule has 2 heterocycles. The molecule has 31 heavy (non-hydrogen) atoms. The van der Waals surface area contributed by atoms with Crippen LogP contribution in [0.25, 0.3) is 22.0 Å². The first-order valence-corrected chi connectivity index (χ1v) is 9.65. The fraction of sp³-hybridized carbons (Fsp3) is 0.286. The van der Waals surface area contributed by atoms with E-state index in [-0.39, 0.29) is 22.9 Å². The molecule has 0 aliphatic carbocycles. The Morgan fingerprint density at radius 1 is 1.16 bits per heavy atom. The van der Waals surface area contributed by atoms with Gasteiger partial charge in [-0.3, -0.25) is 0 Å². The average molecular weight is 432 g/mol. The molecule has 7 nitrogen and oxygen atoms in total. The number of halogens is 3. The number of aromatic carboxylic acids is 1. The predicted octanol–water partition coefficient (Wildman–Crippen LogP) is 4.06. The molecule has 0 amide bonds. The van der Waals surface area contributed by atoms with E-state index in [2.05, 4.69) is 25.3 Å². The second-order valence-electron chi connectivity index (χ2n) is 7.21. The number of benzene rings is 2. The summed E-state index contributed by atoms with van der Waals surface area (Å²) < 4.78 is 41.1. The number of nitrogens with zero attached hydrogens (tertiary/aromatic N) is 2. The highest BCUT2D eigenvalue weighted by molar-refractivity contribution is 6.06. The van der Waals surface area contributed by atoms with Crippen LogP contribution in [0.2, 0.25) is 0 Å². The van der Waals surface area contributed by atoms with Crippen molar-refractivity contribution in [1.82, 2.24) is 15.3 Å². The van der Waals surface area contributed by atoms with Crippen LogP contribution in [0.5, 0.6) is 5.75 Å². The minimum atomic E-state index is -4.78. The third kappa shape index (κ3) is 4.85. The summed E-state index contributed by atoms with van der Waals surface area (Å²) >= 11 is 0. The smallest absolute Gasteiger partial charge is 0.478 e. The first-order valence-electron chi connectivity index (χ1n) is 9.65. The molecule has 1 aliphatic rings. The van der Waals surface area contributed by atoms with Gasteiger partial charge < -0.3 is 20.5 Å². The lowest BCUT2D eigenvalue weighted by Gasteiger charge is -2.25. The van der Waals surface area contributed by atoms with E-state index in [1.54, 1.807) is 6.07 Å². The number of carbonyl (C=O) groups is 1. The van der Waals surface area contributed by atoms with E-state index < -0.39 is 12.3 Å². The van der Waals surface area contributed by atoms with Crippen LogP contribution < -0.4 is 15.4 Å². The molecule has 10 heteroatoms. The summed E-state index contributed by atoms with van der Waals surface area (Å²) in [5, 5.41) is 16.9. The van der Waals surface area contributed by atoms with Gasteiger partial charge in [-0.2, -0.15) is 0 Å². The standard InChI is InChI=1S/C21H19F3N4O3/c22-21(23,24)31-15-5-3-12(4-6-15)13-8-16-18(17(9-13)20(29)30)26-11-27-19(16)28-14-2-1-7-25-10-14/h3-6,8-9,11,14,25H,1-2,7,10H2,(H,29,30)(H,26,27,28)/t14-/m0/s1. The SMILES string of the molecule is O=C(O)c1cc(-c2ccc(OC(F)(F)F)cc2)cc2c(N[C@H]3CCCNC3)ncnc12. The summed E-state index contributed by atoms with van der Waals surface area (Å²) in [6.45, 7) is 1.71. The Hall–Kier alpha value is -3.40. The van der Waals surface area contributed by atoms with Crippen LogP contribution in [0.15, 0.2) is 42.7 Å². The second kappa shape index (κ2) is 8.38. The number of piperidine rings is 1. The molecule has 0 unspecified atom stereocenters. The molecule has 0 radical (unpaired) electrons. The lowest BCUT2D eigenvalue weighted by molar-refractivity contribution is -0.274. The highest BCUT2D eigenvalue weighted by Gasteiger charge is 2.31. The maximum absolute atomic E-state index is 12.4. The number of carboxylic acids is 1. The highest BCUT2D eigenvalue weighted by atomic mass is 19.4. The Balaban J connectivity index is 1.75. The second-order valence-corrected chi connectivity index (χ2v) is 7.21. The van der Waals surface area contributed by atoms with Crippen molar-refractivity contribution in [3.05, 3.63) is 48.3 Å². The summed E-state index contributed by atoms with van der Waals surface area (Å²) in [4.78, 5) is 20.3. The van der Waals surface area contributed by atoms with Crippen LogP contribution in [-0.2, 0) is 0 Å². The molecule has 0 saturated carbocycles. The molecule has 0 bridgehead atoms. The number of nitrogens with one attached hydrogen (secondary N) is 2. The van der Waals surface area contributed by atoms with E-state index in [0.717, 1.165) is 25.9 Å². The average Bonchev–Trinajstić information content (AvgIpc) is 2.73. The van der Waals surface area contributed by atoms with Crippen molar-refractivity contribution >= 4 is 22.7 Å². The van der Waals surface area contributed by atoms with Crippen LogP contribution in [0.3, 0.4) is 0 Å². The number of fused-ring (bicyclic) bond motifs is 1. The van der Waals surface area contributed by atoms with Crippen molar-refractivity contribution in [2.24, 2.45) is 0 Å². The Bertz CT molecular complexity index is 1100. The lowest BCUT2D eigenvalue weighted by Crippen LogP contribution is -2.38. The summed E-state index contributed by atoms with van der Waals surface area (Å²) in [5.74, 6) is -1.00. The van der Waals surface area contributed by atoms with Gasteiger partial charge >= 0.3 is 12.3 Å². The fourth-order valence-corrected chi connectivity index (χ4v) is 3.63. The molecule has 2 aromatic carbocycles.